The van der Waals surface area contributed by atoms with Crippen molar-refractivity contribution in [3.05, 3.63) is 52.8 Å². The summed E-state index contributed by atoms with van der Waals surface area (Å²) in [5, 5.41) is 3.26. The van der Waals surface area contributed by atoms with Crippen molar-refractivity contribution in [2.45, 2.75) is 13.3 Å². The summed E-state index contributed by atoms with van der Waals surface area (Å²) >= 11 is 7.20. The third-order valence-electron chi connectivity index (χ3n) is 4.48. The van der Waals surface area contributed by atoms with Crippen molar-refractivity contribution in [1.82, 2.24) is 4.98 Å². The molecule has 1 unspecified atom stereocenters. The number of halogens is 2. The van der Waals surface area contributed by atoms with Gasteiger partial charge in [0.25, 0.3) is 0 Å². The van der Waals surface area contributed by atoms with Crippen LogP contribution in [-0.4, -0.2) is 23.3 Å². The summed E-state index contributed by atoms with van der Waals surface area (Å²) in [6.45, 7) is 2.22. The minimum absolute atomic E-state index is 0.0574. The van der Waals surface area contributed by atoms with Crippen LogP contribution in [0.2, 0.25) is 5.02 Å². The van der Waals surface area contributed by atoms with Crippen LogP contribution in [0.5, 0.6) is 0 Å². The molecule has 1 aliphatic rings. The molecule has 1 aliphatic heterocycles. The number of thiazole rings is 1. The van der Waals surface area contributed by atoms with Crippen LogP contribution < -0.4 is 10.2 Å². The van der Waals surface area contributed by atoms with E-state index in [-0.39, 0.29) is 29.8 Å². The Kier molecular flexibility index (Phi) is 4.57. The number of aromatic nitrogens is 1. The zero-order chi connectivity index (χ0) is 19.1. The van der Waals surface area contributed by atoms with E-state index in [9.17, 15) is 14.0 Å². The summed E-state index contributed by atoms with van der Waals surface area (Å²) in [6.07, 6.45) is 0.0881. The van der Waals surface area contributed by atoms with Crippen molar-refractivity contribution >= 4 is 55.8 Å². The molecule has 8 heteroatoms. The van der Waals surface area contributed by atoms with Crippen molar-refractivity contribution in [2.24, 2.45) is 5.92 Å². The topological polar surface area (TPSA) is 62.3 Å². The lowest BCUT2D eigenvalue weighted by atomic mass is 10.1. The molecule has 5 nitrogen and oxygen atoms in total. The molecular weight excluding hydrogens is 389 g/mol. The number of aryl methyl sites for hydroxylation is 1. The first-order valence-corrected chi connectivity index (χ1v) is 9.53. The number of nitrogens with one attached hydrogen (secondary N) is 1. The standard InChI is InChI=1S/C19H15ClFN3O2S/c1-10-2-5-15-16(6-10)27-19(22-15)23-18(26)11-7-17(25)24(9-11)12-3-4-14(21)13(20)8-12/h2-6,8,11H,7,9H2,1H3,(H,22,23,26). The van der Waals surface area contributed by atoms with Gasteiger partial charge in [0.15, 0.2) is 5.13 Å². The minimum Gasteiger partial charge on any atom is -0.312 e. The molecule has 1 atom stereocenters. The van der Waals surface area contributed by atoms with E-state index in [1.165, 1.54) is 34.4 Å². The quantitative estimate of drug-likeness (QED) is 0.705. The van der Waals surface area contributed by atoms with Gasteiger partial charge in [-0.1, -0.05) is 29.0 Å². The second-order valence-electron chi connectivity index (χ2n) is 6.48. The molecule has 138 valence electrons. The average molecular weight is 404 g/mol. The number of hydrogen-bond donors (Lipinski definition) is 1. The van der Waals surface area contributed by atoms with Crippen LogP contribution in [0.15, 0.2) is 36.4 Å². The van der Waals surface area contributed by atoms with E-state index < -0.39 is 11.7 Å². The summed E-state index contributed by atoms with van der Waals surface area (Å²) in [5.74, 6) is -1.50. The average Bonchev–Trinajstić information content (AvgIpc) is 3.20. The van der Waals surface area contributed by atoms with Crippen LogP contribution in [0.1, 0.15) is 12.0 Å². The lowest BCUT2D eigenvalue weighted by Gasteiger charge is -2.17. The zero-order valence-corrected chi connectivity index (χ0v) is 15.9. The highest BCUT2D eigenvalue weighted by Crippen LogP contribution is 2.31. The molecule has 2 heterocycles. The van der Waals surface area contributed by atoms with E-state index in [4.69, 9.17) is 11.6 Å². The lowest BCUT2D eigenvalue weighted by molar-refractivity contribution is -0.122. The van der Waals surface area contributed by atoms with Crippen molar-refractivity contribution in [1.29, 1.82) is 0 Å². The Balaban J connectivity index is 1.49. The van der Waals surface area contributed by atoms with Gasteiger partial charge in [0, 0.05) is 18.7 Å². The van der Waals surface area contributed by atoms with Gasteiger partial charge in [0.2, 0.25) is 11.8 Å². The van der Waals surface area contributed by atoms with Gasteiger partial charge < -0.3 is 10.2 Å². The SMILES string of the molecule is Cc1ccc2nc(NC(=O)C3CC(=O)N(c4ccc(F)c(Cl)c4)C3)sc2c1. The molecule has 1 aromatic heterocycles. The Labute approximate surface area is 163 Å². The molecule has 0 spiro atoms. The van der Waals surface area contributed by atoms with E-state index in [1.807, 2.05) is 25.1 Å². The molecule has 0 radical (unpaired) electrons. The smallest absolute Gasteiger partial charge is 0.231 e. The third kappa shape index (κ3) is 3.52. The van der Waals surface area contributed by atoms with Gasteiger partial charge in [0.05, 0.1) is 21.2 Å². The molecule has 3 aromatic rings. The summed E-state index contributed by atoms with van der Waals surface area (Å²) in [7, 11) is 0. The fourth-order valence-corrected chi connectivity index (χ4v) is 4.22. The minimum atomic E-state index is -0.549. The number of hydrogen-bond acceptors (Lipinski definition) is 4. The van der Waals surface area contributed by atoms with Crippen LogP contribution in [-0.2, 0) is 9.59 Å². The molecule has 1 fully saturated rings. The fourth-order valence-electron chi connectivity index (χ4n) is 3.08. The van der Waals surface area contributed by atoms with Gasteiger partial charge in [-0.05, 0) is 42.8 Å². The molecule has 0 saturated carbocycles. The normalized spacial score (nSPS) is 16.9. The Morgan fingerprint density at radius 2 is 2.15 bits per heavy atom. The van der Waals surface area contributed by atoms with Crippen LogP contribution in [0.4, 0.5) is 15.2 Å². The molecule has 27 heavy (non-hydrogen) atoms. The molecule has 0 bridgehead atoms. The largest absolute Gasteiger partial charge is 0.312 e. The maximum Gasteiger partial charge on any atom is 0.231 e. The van der Waals surface area contributed by atoms with Crippen LogP contribution in [0.25, 0.3) is 10.2 Å². The maximum atomic E-state index is 13.3. The first kappa shape index (κ1) is 17.9. The second-order valence-corrected chi connectivity index (χ2v) is 7.92. The van der Waals surface area contributed by atoms with Crippen LogP contribution >= 0.6 is 22.9 Å². The van der Waals surface area contributed by atoms with Crippen LogP contribution in [0, 0.1) is 18.7 Å². The molecule has 4 rings (SSSR count). The van der Waals surface area contributed by atoms with Gasteiger partial charge >= 0.3 is 0 Å². The van der Waals surface area contributed by atoms with Gasteiger partial charge in [-0.2, -0.15) is 0 Å². The number of anilines is 2. The van der Waals surface area contributed by atoms with Crippen molar-refractivity contribution < 1.29 is 14.0 Å². The van der Waals surface area contributed by atoms with Gasteiger partial charge in [0.1, 0.15) is 5.82 Å². The predicted molar refractivity (Wildman–Crippen MR) is 105 cm³/mol. The maximum absolute atomic E-state index is 13.3. The number of rotatable bonds is 3. The Hall–Kier alpha value is -2.51. The number of carbonyl (C=O) groups is 2. The van der Waals surface area contributed by atoms with E-state index in [0.717, 1.165) is 15.8 Å². The lowest BCUT2D eigenvalue weighted by Crippen LogP contribution is -2.28. The summed E-state index contributed by atoms with van der Waals surface area (Å²) < 4.78 is 14.3. The van der Waals surface area contributed by atoms with Gasteiger partial charge in [-0.25, -0.2) is 9.37 Å². The highest BCUT2D eigenvalue weighted by molar-refractivity contribution is 7.22. The number of amides is 2. The highest BCUT2D eigenvalue weighted by Gasteiger charge is 2.35. The second kappa shape index (κ2) is 6.90. The zero-order valence-electron chi connectivity index (χ0n) is 14.3. The number of carbonyl (C=O) groups excluding carboxylic acids is 2. The monoisotopic (exact) mass is 403 g/mol. The molecule has 0 aliphatic carbocycles. The van der Waals surface area contributed by atoms with Crippen molar-refractivity contribution in [2.75, 3.05) is 16.8 Å². The summed E-state index contributed by atoms with van der Waals surface area (Å²) in [4.78, 5) is 30.8. The number of nitrogens with zero attached hydrogens (tertiary/aromatic N) is 2. The van der Waals surface area contributed by atoms with Crippen molar-refractivity contribution in [3.63, 3.8) is 0 Å². The van der Waals surface area contributed by atoms with Gasteiger partial charge in [-0.15, -0.1) is 0 Å². The molecule has 2 aromatic carbocycles. The van der Waals surface area contributed by atoms with Gasteiger partial charge in [-0.3, -0.25) is 9.59 Å². The highest BCUT2D eigenvalue weighted by atomic mass is 35.5. The first-order valence-electron chi connectivity index (χ1n) is 8.34. The van der Waals surface area contributed by atoms with Crippen molar-refractivity contribution in [3.8, 4) is 0 Å². The Morgan fingerprint density at radius 3 is 2.93 bits per heavy atom. The Morgan fingerprint density at radius 1 is 1.33 bits per heavy atom. The van der Waals surface area contributed by atoms with E-state index >= 15 is 0 Å². The molecular formula is C19H15ClFN3O2S. The summed E-state index contributed by atoms with van der Waals surface area (Å²) in [6, 6.07) is 9.98. The molecule has 1 N–H and O–H groups in total. The number of benzene rings is 2. The Bertz CT molecular complexity index is 1070. The summed E-state index contributed by atoms with van der Waals surface area (Å²) in [5.41, 5.74) is 2.43. The van der Waals surface area contributed by atoms with E-state index in [1.54, 1.807) is 0 Å². The predicted octanol–water partition coefficient (Wildman–Crippen LogP) is 4.39. The molecule has 2 amide bonds. The fraction of sp³-hybridized carbons (Fsp3) is 0.211. The van der Waals surface area contributed by atoms with Crippen LogP contribution in [0.3, 0.4) is 0 Å². The number of fused-ring (bicyclic) bond motifs is 1. The molecule has 1 saturated heterocycles. The third-order valence-corrected chi connectivity index (χ3v) is 5.71. The first-order chi connectivity index (χ1) is 12.9. The van der Waals surface area contributed by atoms with E-state index in [2.05, 4.69) is 10.3 Å². The van der Waals surface area contributed by atoms with E-state index in [0.29, 0.717) is 10.8 Å².